The molecular weight excluding hydrogens is 335 g/mol. The Kier molecular flexibility index (Phi) is 10.0. The smallest absolute Gasteiger partial charge is 0.267 e. The Balaban J connectivity index is 0.000000367. The monoisotopic (exact) mass is 355 g/mol. The van der Waals surface area contributed by atoms with Crippen LogP contribution in [0.2, 0.25) is 0 Å². The molecule has 0 saturated heterocycles. The van der Waals surface area contributed by atoms with Gasteiger partial charge in [-0.05, 0) is 33.8 Å². The van der Waals surface area contributed by atoms with Gasteiger partial charge in [-0.1, -0.05) is 11.8 Å². The molecule has 116 valence electrons. The van der Waals surface area contributed by atoms with Crippen LogP contribution in [0.1, 0.15) is 27.7 Å². The van der Waals surface area contributed by atoms with E-state index in [1.165, 1.54) is 10.7 Å². The summed E-state index contributed by atoms with van der Waals surface area (Å²) < 4.78 is 11.8. The lowest BCUT2D eigenvalue weighted by molar-refractivity contribution is 0.186. The molecule has 1 aromatic rings. The second kappa shape index (κ2) is 9.97. The first-order valence-electron chi connectivity index (χ1n) is 5.98. The van der Waals surface area contributed by atoms with Crippen molar-refractivity contribution in [2.45, 2.75) is 45.8 Å². The van der Waals surface area contributed by atoms with Gasteiger partial charge in [-0.15, -0.1) is 0 Å². The summed E-state index contributed by atoms with van der Waals surface area (Å²) in [4.78, 5) is 10.7. The Hall–Kier alpha value is 0.150. The molecule has 0 spiro atoms. The first-order valence-corrected chi connectivity index (χ1v) is 10.3. The van der Waals surface area contributed by atoms with Crippen LogP contribution in [0, 0.1) is 0 Å². The molecule has 1 heterocycles. The third-order valence-electron chi connectivity index (χ3n) is 1.60. The zero-order chi connectivity index (χ0) is 15.8. The van der Waals surface area contributed by atoms with Gasteiger partial charge in [0, 0.05) is 12.3 Å². The Bertz CT molecular complexity index is 480. The summed E-state index contributed by atoms with van der Waals surface area (Å²) in [6.45, 7) is 7.60. The molecule has 0 unspecified atom stereocenters. The minimum Gasteiger partial charge on any atom is -0.691 e. The molecule has 0 radical (unpaired) electrons. The van der Waals surface area contributed by atoms with Crippen LogP contribution < -0.4 is 5.56 Å². The molecule has 0 aliphatic heterocycles. The second-order valence-electron chi connectivity index (χ2n) is 4.26. The van der Waals surface area contributed by atoms with E-state index in [2.05, 4.69) is 17.7 Å². The fourth-order valence-corrected chi connectivity index (χ4v) is 4.40. The summed E-state index contributed by atoms with van der Waals surface area (Å²) >= 11 is 13.8. The fourth-order valence-electron chi connectivity index (χ4n) is 1.03. The highest BCUT2D eigenvalue weighted by Crippen LogP contribution is 2.48. The van der Waals surface area contributed by atoms with E-state index in [0.29, 0.717) is 5.88 Å². The van der Waals surface area contributed by atoms with Crippen LogP contribution in [-0.4, -0.2) is 22.0 Å². The third kappa shape index (κ3) is 9.96. The van der Waals surface area contributed by atoms with E-state index in [9.17, 15) is 4.79 Å². The average molecular weight is 355 g/mol. The van der Waals surface area contributed by atoms with Gasteiger partial charge >= 0.3 is 0 Å². The van der Waals surface area contributed by atoms with Crippen molar-refractivity contribution < 1.29 is 9.05 Å². The molecule has 1 rings (SSSR count). The van der Waals surface area contributed by atoms with Crippen molar-refractivity contribution >= 4 is 42.4 Å². The highest BCUT2D eigenvalue weighted by atomic mass is 32.9. The Morgan fingerprint density at radius 2 is 1.90 bits per heavy atom. The van der Waals surface area contributed by atoms with Crippen LogP contribution in [-0.2, 0) is 39.0 Å². The highest BCUT2D eigenvalue weighted by molar-refractivity contribution is 8.51. The van der Waals surface area contributed by atoms with E-state index in [-0.39, 0.29) is 17.8 Å². The van der Waals surface area contributed by atoms with Crippen LogP contribution >= 0.6 is 18.3 Å². The summed E-state index contributed by atoms with van der Waals surface area (Å²) in [6, 6.07) is 3.05. The SMILES string of the molecule is CC(C)OP(=S)([S-])OC(C)C.O=c1cccnn1CS. The zero-order valence-electron chi connectivity index (χ0n) is 11.9. The molecule has 0 saturated carbocycles. The van der Waals surface area contributed by atoms with E-state index in [1.807, 2.05) is 27.7 Å². The molecular formula is C11H20N2O3PS3-. The predicted molar refractivity (Wildman–Crippen MR) is 91.6 cm³/mol. The molecule has 0 bridgehead atoms. The standard InChI is InChI=1S/C6H15O2PS2.C5H6N2OS/c1-5(2)7-9(10,11)8-6(3)4;8-5-2-1-3-6-7(5)4-9/h5-6H,1-4H3,(H,10,11);1-3,9H,4H2/p-1. The number of hydrogen-bond acceptors (Lipinski definition) is 7. The maximum atomic E-state index is 10.7. The van der Waals surface area contributed by atoms with E-state index in [1.54, 1.807) is 12.3 Å². The molecule has 0 aromatic carbocycles. The molecule has 9 heteroatoms. The fraction of sp³-hybridized carbons (Fsp3) is 0.636. The summed E-state index contributed by atoms with van der Waals surface area (Å²) in [5, 5.41) is 3.72. The maximum Gasteiger partial charge on any atom is 0.267 e. The molecule has 20 heavy (non-hydrogen) atoms. The van der Waals surface area contributed by atoms with Crippen molar-refractivity contribution in [1.82, 2.24) is 9.78 Å². The Labute approximate surface area is 135 Å². The normalized spacial score (nSPS) is 11.4. The van der Waals surface area contributed by atoms with Gasteiger partial charge in [-0.25, -0.2) is 4.68 Å². The van der Waals surface area contributed by atoms with Crippen LogP contribution in [0.3, 0.4) is 0 Å². The Morgan fingerprint density at radius 3 is 2.20 bits per heavy atom. The summed E-state index contributed by atoms with van der Waals surface area (Å²) in [5.74, 6) is 0.333. The van der Waals surface area contributed by atoms with Crippen molar-refractivity contribution in [3.8, 4) is 0 Å². The predicted octanol–water partition coefficient (Wildman–Crippen LogP) is 2.74. The third-order valence-corrected chi connectivity index (χ3v) is 4.26. The lowest BCUT2D eigenvalue weighted by Gasteiger charge is -2.31. The van der Waals surface area contributed by atoms with Crippen molar-refractivity contribution in [2.24, 2.45) is 0 Å². The molecule has 0 aliphatic rings. The minimum absolute atomic E-state index is 0.0529. The average Bonchev–Trinajstić information content (AvgIpc) is 2.26. The summed E-state index contributed by atoms with van der Waals surface area (Å²) in [5.41, 5.74) is -2.51. The largest absolute Gasteiger partial charge is 0.691 e. The van der Waals surface area contributed by atoms with Crippen LogP contribution in [0.5, 0.6) is 0 Å². The first kappa shape index (κ1) is 20.1. The first-order chi connectivity index (χ1) is 9.18. The van der Waals surface area contributed by atoms with E-state index < -0.39 is 5.69 Å². The molecule has 0 amide bonds. The number of nitrogens with zero attached hydrogens (tertiary/aromatic N) is 2. The van der Waals surface area contributed by atoms with Crippen molar-refractivity contribution in [3.63, 3.8) is 0 Å². The second-order valence-corrected chi connectivity index (χ2v) is 9.44. The van der Waals surface area contributed by atoms with Crippen LogP contribution in [0.15, 0.2) is 23.1 Å². The van der Waals surface area contributed by atoms with Gasteiger partial charge in [0.1, 0.15) is 0 Å². The molecule has 0 aliphatic carbocycles. The summed E-state index contributed by atoms with van der Waals surface area (Å²) in [6.07, 6.45) is 1.66. The minimum atomic E-state index is -2.39. The number of aromatic nitrogens is 2. The van der Waals surface area contributed by atoms with Gasteiger partial charge in [0.05, 0.1) is 23.8 Å². The van der Waals surface area contributed by atoms with Crippen molar-refractivity contribution in [2.75, 3.05) is 0 Å². The van der Waals surface area contributed by atoms with Crippen LogP contribution in [0.4, 0.5) is 0 Å². The van der Waals surface area contributed by atoms with E-state index >= 15 is 0 Å². The molecule has 0 atom stereocenters. The van der Waals surface area contributed by atoms with Gasteiger partial charge < -0.3 is 21.3 Å². The summed E-state index contributed by atoms with van der Waals surface area (Å²) in [7, 11) is 0. The van der Waals surface area contributed by atoms with Gasteiger partial charge in [0.2, 0.25) is 0 Å². The topological polar surface area (TPSA) is 53.4 Å². The number of rotatable bonds is 5. The van der Waals surface area contributed by atoms with Gasteiger partial charge in [0.15, 0.2) is 0 Å². The number of hydrogen-bond donors (Lipinski definition) is 1. The van der Waals surface area contributed by atoms with Crippen molar-refractivity contribution in [3.05, 3.63) is 28.7 Å². The van der Waals surface area contributed by atoms with Crippen molar-refractivity contribution in [1.29, 1.82) is 0 Å². The Morgan fingerprint density at radius 1 is 1.40 bits per heavy atom. The maximum absolute atomic E-state index is 10.7. The molecule has 5 nitrogen and oxygen atoms in total. The zero-order valence-corrected chi connectivity index (χ0v) is 15.3. The van der Waals surface area contributed by atoms with Gasteiger partial charge in [0.25, 0.3) is 5.56 Å². The van der Waals surface area contributed by atoms with E-state index in [0.717, 1.165) is 0 Å². The quantitative estimate of drug-likeness (QED) is 0.498. The van der Waals surface area contributed by atoms with Crippen LogP contribution in [0.25, 0.3) is 0 Å². The highest BCUT2D eigenvalue weighted by Gasteiger charge is 2.06. The lowest BCUT2D eigenvalue weighted by Crippen LogP contribution is -2.18. The van der Waals surface area contributed by atoms with Gasteiger partial charge in [-0.2, -0.15) is 17.7 Å². The van der Waals surface area contributed by atoms with Gasteiger partial charge in [-0.3, -0.25) is 4.79 Å². The molecule has 1 aromatic heterocycles. The van der Waals surface area contributed by atoms with E-state index in [4.69, 9.17) is 33.1 Å². The molecule has 0 fully saturated rings. The lowest BCUT2D eigenvalue weighted by atomic mass is 10.5. The number of thiol groups is 1. The molecule has 0 N–H and O–H groups in total.